The highest BCUT2D eigenvalue weighted by molar-refractivity contribution is 6.31. The topological polar surface area (TPSA) is 83.5 Å². The number of halogens is 4. The van der Waals surface area contributed by atoms with Gasteiger partial charge in [-0.05, 0) is 12.1 Å². The van der Waals surface area contributed by atoms with Crippen LogP contribution in [0.1, 0.15) is 17.2 Å². The van der Waals surface area contributed by atoms with Gasteiger partial charge in [-0.15, -0.1) is 0 Å². The van der Waals surface area contributed by atoms with Crippen molar-refractivity contribution < 1.29 is 28.2 Å². The van der Waals surface area contributed by atoms with Crippen molar-refractivity contribution in [2.75, 3.05) is 5.73 Å². The number of alkyl halides is 3. The van der Waals surface area contributed by atoms with E-state index in [0.717, 1.165) is 6.07 Å². The van der Waals surface area contributed by atoms with Crippen molar-refractivity contribution >= 4 is 23.3 Å². The number of anilines is 1. The number of aliphatic hydroxyl groups excluding tert-OH is 1. The Morgan fingerprint density at radius 1 is 1.41 bits per heavy atom. The lowest BCUT2D eigenvalue weighted by Gasteiger charge is -2.14. The molecule has 1 unspecified atom stereocenters. The van der Waals surface area contributed by atoms with Gasteiger partial charge in [-0.25, -0.2) is 4.79 Å². The maximum Gasteiger partial charge on any atom is 0.417 e. The maximum atomic E-state index is 12.5. The van der Waals surface area contributed by atoms with Gasteiger partial charge in [-0.1, -0.05) is 11.6 Å². The fourth-order valence-corrected chi connectivity index (χ4v) is 1.47. The summed E-state index contributed by atoms with van der Waals surface area (Å²) in [7, 11) is 0. The summed E-state index contributed by atoms with van der Waals surface area (Å²) in [5, 5.41) is 17.0. The SMILES string of the molecule is Nc1cc(Cl)c(C(F)(F)F)cc1C(O)C(=O)O. The van der Waals surface area contributed by atoms with E-state index in [0.29, 0.717) is 6.07 Å². The lowest BCUT2D eigenvalue weighted by Crippen LogP contribution is -2.15. The minimum atomic E-state index is -4.75. The summed E-state index contributed by atoms with van der Waals surface area (Å²) in [4.78, 5) is 10.5. The quantitative estimate of drug-likeness (QED) is 0.718. The molecule has 0 fully saturated rings. The lowest BCUT2D eigenvalue weighted by atomic mass is 10.0. The Morgan fingerprint density at radius 2 is 1.94 bits per heavy atom. The summed E-state index contributed by atoms with van der Waals surface area (Å²) in [5.74, 6) is -1.70. The van der Waals surface area contributed by atoms with E-state index in [2.05, 4.69) is 0 Å². The number of benzene rings is 1. The monoisotopic (exact) mass is 269 g/mol. The van der Waals surface area contributed by atoms with Crippen molar-refractivity contribution in [1.82, 2.24) is 0 Å². The average Bonchev–Trinajstić information content (AvgIpc) is 2.14. The van der Waals surface area contributed by atoms with E-state index < -0.39 is 34.4 Å². The molecule has 0 radical (unpaired) electrons. The molecule has 0 saturated carbocycles. The van der Waals surface area contributed by atoms with Crippen LogP contribution < -0.4 is 5.73 Å². The molecule has 17 heavy (non-hydrogen) atoms. The third-order valence-electron chi connectivity index (χ3n) is 2.01. The Bertz CT molecular complexity index is 462. The Kier molecular flexibility index (Phi) is 3.53. The molecular weight excluding hydrogens is 263 g/mol. The maximum absolute atomic E-state index is 12.5. The molecule has 0 amide bonds. The van der Waals surface area contributed by atoms with Gasteiger partial charge in [0.25, 0.3) is 0 Å². The van der Waals surface area contributed by atoms with Gasteiger partial charge >= 0.3 is 12.1 Å². The third kappa shape index (κ3) is 2.80. The number of nitrogens with two attached hydrogens (primary N) is 1. The van der Waals surface area contributed by atoms with Crippen LogP contribution in [-0.4, -0.2) is 16.2 Å². The van der Waals surface area contributed by atoms with Gasteiger partial charge in [-0.3, -0.25) is 0 Å². The van der Waals surface area contributed by atoms with Crippen molar-refractivity contribution in [3.63, 3.8) is 0 Å². The molecule has 4 nitrogen and oxygen atoms in total. The van der Waals surface area contributed by atoms with Gasteiger partial charge in [0.05, 0.1) is 10.6 Å². The van der Waals surface area contributed by atoms with E-state index in [-0.39, 0.29) is 5.69 Å². The number of hydrogen-bond donors (Lipinski definition) is 3. The highest BCUT2D eigenvalue weighted by Crippen LogP contribution is 2.38. The largest absolute Gasteiger partial charge is 0.479 e. The van der Waals surface area contributed by atoms with Crippen molar-refractivity contribution in [3.05, 3.63) is 28.3 Å². The normalized spacial score (nSPS) is 13.5. The number of nitrogen functional groups attached to an aromatic ring is 1. The molecule has 8 heteroatoms. The van der Waals surface area contributed by atoms with Crippen molar-refractivity contribution in [3.8, 4) is 0 Å². The second kappa shape index (κ2) is 4.42. The zero-order valence-electron chi connectivity index (χ0n) is 8.12. The number of aliphatic carboxylic acids is 1. The van der Waals surface area contributed by atoms with Crippen LogP contribution in [0, 0.1) is 0 Å². The zero-order chi connectivity index (χ0) is 13.4. The zero-order valence-corrected chi connectivity index (χ0v) is 8.88. The summed E-state index contributed by atoms with van der Waals surface area (Å²) in [6.07, 6.45) is -6.88. The van der Waals surface area contributed by atoms with Crippen molar-refractivity contribution in [1.29, 1.82) is 0 Å². The van der Waals surface area contributed by atoms with E-state index in [1.807, 2.05) is 0 Å². The Hall–Kier alpha value is -1.47. The van der Waals surface area contributed by atoms with Crippen LogP contribution in [0.2, 0.25) is 5.02 Å². The first kappa shape index (κ1) is 13.6. The van der Waals surface area contributed by atoms with Gasteiger partial charge in [0.1, 0.15) is 0 Å². The fraction of sp³-hybridized carbons (Fsp3) is 0.222. The summed E-state index contributed by atoms with van der Waals surface area (Å²) >= 11 is 5.34. The summed E-state index contributed by atoms with van der Waals surface area (Å²) in [6.45, 7) is 0. The number of carboxylic acid groups (broad SMARTS) is 1. The lowest BCUT2D eigenvalue weighted by molar-refractivity contribution is -0.147. The molecule has 0 aromatic heterocycles. The molecule has 94 valence electrons. The molecule has 0 aliphatic rings. The van der Waals surface area contributed by atoms with E-state index in [1.165, 1.54) is 0 Å². The second-order valence-corrected chi connectivity index (χ2v) is 3.61. The first-order chi connectivity index (χ1) is 7.64. The molecule has 0 heterocycles. The van der Waals surface area contributed by atoms with Crippen molar-refractivity contribution in [2.45, 2.75) is 12.3 Å². The number of rotatable bonds is 2. The third-order valence-corrected chi connectivity index (χ3v) is 2.32. The molecule has 0 aliphatic carbocycles. The van der Waals surface area contributed by atoms with Gasteiger partial charge in [0.15, 0.2) is 6.10 Å². The molecule has 1 aromatic rings. The Balaban J connectivity index is 3.39. The summed E-state index contributed by atoms with van der Waals surface area (Å²) in [5.41, 5.74) is 3.18. The molecule has 0 spiro atoms. The first-order valence-corrected chi connectivity index (χ1v) is 4.59. The van der Waals surface area contributed by atoms with Crippen LogP contribution in [0.3, 0.4) is 0 Å². The van der Waals surface area contributed by atoms with Crippen LogP contribution in [0.25, 0.3) is 0 Å². The van der Waals surface area contributed by atoms with Crippen LogP contribution >= 0.6 is 11.6 Å². The number of hydrogen-bond acceptors (Lipinski definition) is 3. The minimum Gasteiger partial charge on any atom is -0.479 e. The van der Waals surface area contributed by atoms with E-state index in [9.17, 15) is 18.0 Å². The standard InChI is InChI=1S/C9H7ClF3NO3/c10-5-2-6(14)3(7(15)8(16)17)1-4(5)9(11,12)13/h1-2,7,15H,14H2,(H,16,17). The van der Waals surface area contributed by atoms with Crippen LogP contribution in [-0.2, 0) is 11.0 Å². The predicted octanol–water partition coefficient (Wildman–Crippen LogP) is 2.06. The first-order valence-electron chi connectivity index (χ1n) is 4.21. The van der Waals surface area contributed by atoms with Gasteiger partial charge < -0.3 is 15.9 Å². The number of carboxylic acids is 1. The summed E-state index contributed by atoms with van der Waals surface area (Å²) in [6, 6.07) is 1.18. The smallest absolute Gasteiger partial charge is 0.417 e. The van der Waals surface area contributed by atoms with Gasteiger partial charge in [0, 0.05) is 11.3 Å². The molecule has 1 rings (SSSR count). The van der Waals surface area contributed by atoms with E-state index in [1.54, 1.807) is 0 Å². The fourth-order valence-electron chi connectivity index (χ4n) is 1.19. The second-order valence-electron chi connectivity index (χ2n) is 3.20. The Morgan fingerprint density at radius 3 is 2.35 bits per heavy atom. The average molecular weight is 270 g/mol. The van der Waals surface area contributed by atoms with E-state index in [4.69, 9.17) is 27.5 Å². The highest BCUT2D eigenvalue weighted by Gasteiger charge is 2.35. The van der Waals surface area contributed by atoms with E-state index >= 15 is 0 Å². The molecule has 0 saturated heterocycles. The highest BCUT2D eigenvalue weighted by atomic mass is 35.5. The molecule has 1 atom stereocenters. The van der Waals surface area contributed by atoms with Gasteiger partial charge in [0.2, 0.25) is 0 Å². The van der Waals surface area contributed by atoms with Gasteiger partial charge in [-0.2, -0.15) is 13.2 Å². The Labute approximate surface area is 98.4 Å². The number of aliphatic hydroxyl groups is 1. The molecule has 4 N–H and O–H groups in total. The summed E-state index contributed by atoms with van der Waals surface area (Å²) < 4.78 is 37.4. The van der Waals surface area contributed by atoms with Crippen LogP contribution in [0.15, 0.2) is 12.1 Å². The van der Waals surface area contributed by atoms with Crippen molar-refractivity contribution in [2.24, 2.45) is 0 Å². The molecule has 0 aliphatic heterocycles. The van der Waals surface area contributed by atoms with Crippen LogP contribution in [0.4, 0.5) is 18.9 Å². The molecule has 0 bridgehead atoms. The number of carbonyl (C=O) groups is 1. The minimum absolute atomic E-state index is 0.321. The molecular formula is C9H7ClF3NO3. The molecule has 1 aromatic carbocycles. The predicted molar refractivity (Wildman–Crippen MR) is 53.5 cm³/mol. The van der Waals surface area contributed by atoms with Crippen LogP contribution in [0.5, 0.6) is 0 Å².